The van der Waals surface area contributed by atoms with E-state index in [0.717, 1.165) is 24.8 Å². The number of nitrogens with two attached hydrogens (primary N) is 1. The fourth-order valence-corrected chi connectivity index (χ4v) is 3.80. The molecule has 108 valence electrons. The van der Waals surface area contributed by atoms with Crippen LogP contribution in [0.5, 0.6) is 0 Å². The average molecular weight is 282 g/mol. The normalized spacial score (nSPS) is 28.0. The molecule has 2 atom stereocenters. The first-order chi connectivity index (χ1) is 10.2. The number of pyridine rings is 2. The summed E-state index contributed by atoms with van der Waals surface area (Å²) in [5, 5.41) is 0.942. The molecule has 4 rings (SSSR count). The van der Waals surface area contributed by atoms with Gasteiger partial charge in [-0.3, -0.25) is 9.78 Å². The van der Waals surface area contributed by atoms with Gasteiger partial charge in [0.05, 0.1) is 0 Å². The summed E-state index contributed by atoms with van der Waals surface area (Å²) >= 11 is 0. The second-order valence-electron chi connectivity index (χ2n) is 6.24. The summed E-state index contributed by atoms with van der Waals surface area (Å²) < 4.78 is 0. The zero-order valence-electron chi connectivity index (χ0n) is 11.8. The Hall–Kier alpha value is -2.01. The van der Waals surface area contributed by atoms with E-state index in [2.05, 4.69) is 9.97 Å². The number of hydrogen-bond acceptors (Lipinski definition) is 4. The van der Waals surface area contributed by atoms with E-state index in [-0.39, 0.29) is 11.4 Å². The molecule has 0 aromatic carbocycles. The van der Waals surface area contributed by atoms with Gasteiger partial charge in [0.15, 0.2) is 5.69 Å². The third-order valence-electron chi connectivity index (χ3n) is 4.94. The molecule has 0 spiro atoms. The molecule has 1 saturated carbocycles. The minimum absolute atomic E-state index is 0.0430. The van der Waals surface area contributed by atoms with Crippen LogP contribution in [-0.4, -0.2) is 39.4 Å². The van der Waals surface area contributed by atoms with E-state index in [9.17, 15) is 4.79 Å². The van der Waals surface area contributed by atoms with Crippen LogP contribution in [0.15, 0.2) is 30.6 Å². The lowest BCUT2D eigenvalue weighted by atomic mass is 9.92. The van der Waals surface area contributed by atoms with Crippen molar-refractivity contribution in [2.75, 3.05) is 13.1 Å². The van der Waals surface area contributed by atoms with Crippen molar-refractivity contribution in [1.29, 1.82) is 0 Å². The molecule has 21 heavy (non-hydrogen) atoms. The first-order valence-electron chi connectivity index (χ1n) is 7.45. The number of hydrogen-bond donors (Lipinski definition) is 1. The molecule has 2 N–H and O–H groups in total. The van der Waals surface area contributed by atoms with Crippen molar-refractivity contribution in [2.45, 2.75) is 24.8 Å². The Kier molecular flexibility index (Phi) is 2.72. The van der Waals surface area contributed by atoms with Crippen molar-refractivity contribution in [3.05, 3.63) is 36.3 Å². The van der Waals surface area contributed by atoms with E-state index in [0.29, 0.717) is 23.7 Å². The number of aromatic nitrogens is 2. The molecule has 3 heterocycles. The summed E-state index contributed by atoms with van der Waals surface area (Å²) in [6, 6.07) is 5.69. The summed E-state index contributed by atoms with van der Waals surface area (Å²) in [4.78, 5) is 23.3. The highest BCUT2D eigenvalue weighted by molar-refractivity contribution is 6.03. The summed E-state index contributed by atoms with van der Waals surface area (Å²) in [6.07, 6.45) is 6.69. The molecule has 0 radical (unpaired) electrons. The molecule has 2 unspecified atom stereocenters. The standard InChI is InChI=1S/C16H18N4O/c17-16-6-1-4-12(16)9-20(10-16)15(21)14-13-11(5-8-19-14)3-2-7-18-13/h2-3,5,7-8,12H,1,4,6,9-10,17H2. The average Bonchev–Trinajstić information content (AvgIpc) is 3.00. The minimum atomic E-state index is -0.187. The van der Waals surface area contributed by atoms with Gasteiger partial charge in [-0.1, -0.05) is 12.5 Å². The Labute approximate surface area is 123 Å². The van der Waals surface area contributed by atoms with E-state index in [4.69, 9.17) is 5.73 Å². The number of likely N-dealkylation sites (tertiary alicyclic amines) is 1. The second-order valence-corrected chi connectivity index (χ2v) is 6.24. The second kappa shape index (κ2) is 4.49. The van der Waals surface area contributed by atoms with Gasteiger partial charge in [0.25, 0.3) is 5.91 Å². The van der Waals surface area contributed by atoms with Crippen LogP contribution in [0.4, 0.5) is 0 Å². The minimum Gasteiger partial charge on any atom is -0.335 e. The Morgan fingerprint density at radius 2 is 2.24 bits per heavy atom. The summed E-state index contributed by atoms with van der Waals surface area (Å²) in [5.41, 5.74) is 7.38. The fraction of sp³-hybridized carbons (Fsp3) is 0.438. The van der Waals surface area contributed by atoms with Crippen molar-refractivity contribution in [2.24, 2.45) is 11.7 Å². The molecule has 5 nitrogen and oxygen atoms in total. The molecular weight excluding hydrogens is 264 g/mol. The van der Waals surface area contributed by atoms with Crippen LogP contribution in [0.3, 0.4) is 0 Å². The highest BCUT2D eigenvalue weighted by Crippen LogP contribution is 2.40. The number of carbonyl (C=O) groups is 1. The van der Waals surface area contributed by atoms with Crippen LogP contribution in [0.1, 0.15) is 29.8 Å². The van der Waals surface area contributed by atoms with Gasteiger partial charge < -0.3 is 10.6 Å². The third kappa shape index (κ3) is 1.92. The van der Waals surface area contributed by atoms with Gasteiger partial charge in [0, 0.05) is 36.4 Å². The Morgan fingerprint density at radius 3 is 3.10 bits per heavy atom. The molecule has 2 aromatic heterocycles. The van der Waals surface area contributed by atoms with Gasteiger partial charge in [-0.15, -0.1) is 0 Å². The molecule has 2 aliphatic rings. The van der Waals surface area contributed by atoms with Crippen LogP contribution >= 0.6 is 0 Å². The number of amides is 1. The lowest BCUT2D eigenvalue weighted by Gasteiger charge is -2.23. The van der Waals surface area contributed by atoms with Crippen molar-refractivity contribution in [3.63, 3.8) is 0 Å². The van der Waals surface area contributed by atoms with Gasteiger partial charge >= 0.3 is 0 Å². The first-order valence-corrected chi connectivity index (χ1v) is 7.45. The topological polar surface area (TPSA) is 72.1 Å². The zero-order chi connectivity index (χ0) is 14.4. The van der Waals surface area contributed by atoms with Gasteiger partial charge in [-0.25, -0.2) is 4.98 Å². The smallest absolute Gasteiger partial charge is 0.274 e. The van der Waals surface area contributed by atoms with Gasteiger partial charge in [0.2, 0.25) is 0 Å². The summed E-state index contributed by atoms with van der Waals surface area (Å²) in [7, 11) is 0. The maximum atomic E-state index is 12.8. The molecule has 2 fully saturated rings. The summed E-state index contributed by atoms with van der Waals surface area (Å²) in [6.45, 7) is 1.39. The predicted molar refractivity (Wildman–Crippen MR) is 79.7 cm³/mol. The maximum absolute atomic E-state index is 12.8. The fourth-order valence-electron chi connectivity index (χ4n) is 3.80. The van der Waals surface area contributed by atoms with E-state index in [1.54, 1.807) is 12.4 Å². The van der Waals surface area contributed by atoms with Gasteiger partial charge in [-0.2, -0.15) is 0 Å². The van der Waals surface area contributed by atoms with Crippen LogP contribution in [-0.2, 0) is 0 Å². The van der Waals surface area contributed by atoms with E-state index < -0.39 is 0 Å². The van der Waals surface area contributed by atoms with Crippen LogP contribution in [0.2, 0.25) is 0 Å². The molecule has 5 heteroatoms. The Bertz CT molecular complexity index is 711. The number of carbonyl (C=O) groups excluding carboxylic acids is 1. The highest BCUT2D eigenvalue weighted by Gasteiger charge is 2.48. The zero-order valence-corrected chi connectivity index (χ0v) is 11.8. The quantitative estimate of drug-likeness (QED) is 0.862. The van der Waals surface area contributed by atoms with Gasteiger partial charge in [-0.05, 0) is 30.9 Å². The number of nitrogens with zero attached hydrogens (tertiary/aromatic N) is 3. The SMILES string of the molecule is NC12CCCC1CN(C(=O)c1nccc3cccnc13)C2. The maximum Gasteiger partial charge on any atom is 0.274 e. The number of rotatable bonds is 1. The Balaban J connectivity index is 1.69. The lowest BCUT2D eigenvalue weighted by molar-refractivity contribution is 0.0774. The van der Waals surface area contributed by atoms with E-state index in [1.807, 2.05) is 23.1 Å². The molecule has 1 saturated heterocycles. The van der Waals surface area contributed by atoms with Crippen molar-refractivity contribution >= 4 is 16.8 Å². The molecule has 0 bridgehead atoms. The first kappa shape index (κ1) is 12.7. The Morgan fingerprint density at radius 1 is 1.33 bits per heavy atom. The monoisotopic (exact) mass is 282 g/mol. The third-order valence-corrected chi connectivity index (χ3v) is 4.94. The van der Waals surface area contributed by atoms with E-state index >= 15 is 0 Å². The van der Waals surface area contributed by atoms with E-state index in [1.165, 1.54) is 6.42 Å². The van der Waals surface area contributed by atoms with Crippen molar-refractivity contribution in [3.8, 4) is 0 Å². The summed E-state index contributed by atoms with van der Waals surface area (Å²) in [5.74, 6) is 0.392. The number of fused-ring (bicyclic) bond motifs is 2. The largest absolute Gasteiger partial charge is 0.335 e. The molecular formula is C16H18N4O. The van der Waals surface area contributed by atoms with Crippen LogP contribution in [0, 0.1) is 5.92 Å². The highest BCUT2D eigenvalue weighted by atomic mass is 16.2. The van der Waals surface area contributed by atoms with Gasteiger partial charge in [0.1, 0.15) is 5.52 Å². The molecule has 1 aliphatic carbocycles. The lowest BCUT2D eigenvalue weighted by Crippen LogP contribution is -2.45. The molecule has 2 aromatic rings. The van der Waals surface area contributed by atoms with Crippen molar-refractivity contribution < 1.29 is 4.79 Å². The van der Waals surface area contributed by atoms with Crippen molar-refractivity contribution in [1.82, 2.24) is 14.9 Å². The predicted octanol–water partition coefficient (Wildman–Crippen LogP) is 1.58. The molecule has 1 aliphatic heterocycles. The van der Waals surface area contributed by atoms with Crippen LogP contribution in [0.25, 0.3) is 10.9 Å². The molecule has 1 amide bonds. The van der Waals surface area contributed by atoms with Crippen LogP contribution < -0.4 is 5.73 Å².